The highest BCUT2D eigenvalue weighted by molar-refractivity contribution is 6.30. The highest BCUT2D eigenvalue weighted by Gasteiger charge is 2.26. The van der Waals surface area contributed by atoms with Crippen LogP contribution in [0.1, 0.15) is 34.4 Å². The van der Waals surface area contributed by atoms with Gasteiger partial charge in [0.2, 0.25) is 17.5 Å². The normalized spacial score (nSPS) is 13.8. The first-order chi connectivity index (χ1) is 16.1. The third-order valence-corrected chi connectivity index (χ3v) is 5.50. The Balaban J connectivity index is 1.41. The van der Waals surface area contributed by atoms with Gasteiger partial charge in [-0.25, -0.2) is 0 Å². The first kappa shape index (κ1) is 22.4. The molecular formula is C25H23ClN4O3. The number of halogens is 1. The van der Waals surface area contributed by atoms with Gasteiger partial charge in [0.15, 0.2) is 0 Å². The van der Waals surface area contributed by atoms with Gasteiger partial charge >= 0.3 is 0 Å². The number of carbonyl (C=O) groups excluding carboxylic acids is 1. The number of piperazine rings is 1. The number of ether oxygens (including phenoxy) is 1. The van der Waals surface area contributed by atoms with Crippen LogP contribution in [0.4, 0.5) is 5.88 Å². The number of anilines is 1. The van der Waals surface area contributed by atoms with Crippen molar-refractivity contribution in [3.05, 3.63) is 76.3 Å². The van der Waals surface area contributed by atoms with Crippen molar-refractivity contribution in [1.29, 1.82) is 5.26 Å². The molecule has 33 heavy (non-hydrogen) atoms. The van der Waals surface area contributed by atoms with Gasteiger partial charge in [-0.3, -0.25) is 4.79 Å². The quantitative estimate of drug-likeness (QED) is 0.526. The van der Waals surface area contributed by atoms with Crippen LogP contribution in [0, 0.1) is 11.3 Å². The van der Waals surface area contributed by atoms with Crippen LogP contribution in [0.25, 0.3) is 12.2 Å². The summed E-state index contributed by atoms with van der Waals surface area (Å²) in [6.45, 7) is 4.66. The topological polar surface area (TPSA) is 82.6 Å². The average molecular weight is 463 g/mol. The van der Waals surface area contributed by atoms with Crippen molar-refractivity contribution in [3.63, 3.8) is 0 Å². The van der Waals surface area contributed by atoms with E-state index >= 15 is 0 Å². The Kier molecular flexibility index (Phi) is 6.96. The highest BCUT2D eigenvalue weighted by atomic mass is 35.5. The Morgan fingerprint density at radius 1 is 1.18 bits per heavy atom. The van der Waals surface area contributed by atoms with Crippen molar-refractivity contribution in [2.75, 3.05) is 37.7 Å². The Bertz CT molecular complexity index is 1190. The van der Waals surface area contributed by atoms with Crippen molar-refractivity contribution in [1.82, 2.24) is 9.88 Å². The number of hydrogen-bond donors (Lipinski definition) is 0. The van der Waals surface area contributed by atoms with Gasteiger partial charge in [0, 0.05) is 42.8 Å². The molecule has 0 atom stereocenters. The molecule has 168 valence electrons. The monoisotopic (exact) mass is 462 g/mol. The Labute approximate surface area is 197 Å². The number of benzene rings is 2. The number of rotatable bonds is 6. The summed E-state index contributed by atoms with van der Waals surface area (Å²) in [6, 6.07) is 16.7. The maximum atomic E-state index is 12.7. The van der Waals surface area contributed by atoms with Crippen LogP contribution in [0.3, 0.4) is 0 Å². The molecule has 4 rings (SSSR count). The van der Waals surface area contributed by atoms with Crippen LogP contribution >= 0.6 is 11.6 Å². The Hall–Kier alpha value is -3.76. The van der Waals surface area contributed by atoms with Crippen LogP contribution in [0.15, 0.2) is 52.9 Å². The zero-order valence-corrected chi connectivity index (χ0v) is 19.0. The second kappa shape index (κ2) is 10.2. The maximum absolute atomic E-state index is 12.7. The van der Waals surface area contributed by atoms with E-state index in [0.29, 0.717) is 55.1 Å². The van der Waals surface area contributed by atoms with Gasteiger partial charge in [-0.1, -0.05) is 29.8 Å². The SMILES string of the molecule is CCOc1ccc(/C=C/c2nc(C#N)c(N3CCN(C(=O)c4cccc(Cl)c4)CC3)o2)cc1. The fraction of sp³-hybridized carbons (Fsp3) is 0.240. The average Bonchev–Trinajstić information content (AvgIpc) is 3.27. The molecule has 1 aromatic heterocycles. The standard InChI is InChI=1S/C25H23ClN4O3/c1-2-32-21-9-6-18(7-10-21)8-11-23-28-22(17-27)25(33-23)30-14-12-29(13-15-30)24(31)19-4-3-5-20(26)16-19/h3-11,16H,2,12-15H2,1H3/b11-8+. The zero-order valence-electron chi connectivity index (χ0n) is 18.2. The molecule has 7 nitrogen and oxygen atoms in total. The molecule has 8 heteroatoms. The lowest BCUT2D eigenvalue weighted by Gasteiger charge is -2.34. The molecule has 2 heterocycles. The van der Waals surface area contributed by atoms with Gasteiger partial charge in [-0.05, 0) is 48.9 Å². The smallest absolute Gasteiger partial charge is 0.254 e. The lowest BCUT2D eigenvalue weighted by molar-refractivity contribution is 0.0745. The minimum absolute atomic E-state index is 0.0609. The van der Waals surface area contributed by atoms with Crippen LogP contribution < -0.4 is 9.64 Å². The molecule has 1 fully saturated rings. The summed E-state index contributed by atoms with van der Waals surface area (Å²) in [7, 11) is 0. The Morgan fingerprint density at radius 3 is 2.61 bits per heavy atom. The fourth-order valence-electron chi connectivity index (χ4n) is 3.61. The van der Waals surface area contributed by atoms with Gasteiger partial charge in [-0.2, -0.15) is 10.2 Å². The number of nitrogens with zero attached hydrogens (tertiary/aromatic N) is 4. The van der Waals surface area contributed by atoms with Crippen molar-refractivity contribution < 1.29 is 13.9 Å². The van der Waals surface area contributed by atoms with E-state index in [2.05, 4.69) is 11.1 Å². The molecule has 1 aliphatic heterocycles. The maximum Gasteiger partial charge on any atom is 0.254 e. The third kappa shape index (κ3) is 5.36. The molecule has 2 aromatic carbocycles. The summed E-state index contributed by atoms with van der Waals surface area (Å²) in [5.41, 5.74) is 1.76. The predicted molar refractivity (Wildman–Crippen MR) is 127 cm³/mol. The van der Waals surface area contributed by atoms with Crippen LogP contribution in [-0.2, 0) is 0 Å². The Morgan fingerprint density at radius 2 is 1.94 bits per heavy atom. The summed E-state index contributed by atoms with van der Waals surface area (Å²) in [6.07, 6.45) is 3.60. The number of oxazole rings is 1. The van der Waals surface area contributed by atoms with Crippen LogP contribution in [0.5, 0.6) is 5.75 Å². The van der Waals surface area contributed by atoms with Crippen LogP contribution in [0.2, 0.25) is 5.02 Å². The van der Waals surface area contributed by atoms with E-state index < -0.39 is 0 Å². The van der Waals surface area contributed by atoms with Crippen molar-refractivity contribution in [3.8, 4) is 11.8 Å². The molecule has 0 radical (unpaired) electrons. The minimum Gasteiger partial charge on any atom is -0.494 e. The fourth-order valence-corrected chi connectivity index (χ4v) is 3.80. The third-order valence-electron chi connectivity index (χ3n) is 5.27. The summed E-state index contributed by atoms with van der Waals surface area (Å²) in [5.74, 6) is 1.54. The first-order valence-electron chi connectivity index (χ1n) is 10.7. The first-order valence-corrected chi connectivity index (χ1v) is 11.1. The van der Waals surface area contributed by atoms with E-state index in [4.69, 9.17) is 20.8 Å². The van der Waals surface area contributed by atoms with E-state index in [0.717, 1.165) is 11.3 Å². The lowest BCUT2D eigenvalue weighted by atomic mass is 10.2. The molecule has 0 N–H and O–H groups in total. The highest BCUT2D eigenvalue weighted by Crippen LogP contribution is 2.25. The van der Waals surface area contributed by atoms with E-state index in [-0.39, 0.29) is 11.6 Å². The molecule has 0 bridgehead atoms. The predicted octanol–water partition coefficient (Wildman–Crippen LogP) is 4.73. The van der Waals surface area contributed by atoms with Crippen molar-refractivity contribution in [2.24, 2.45) is 0 Å². The van der Waals surface area contributed by atoms with E-state index in [1.54, 1.807) is 35.2 Å². The van der Waals surface area contributed by atoms with E-state index in [1.807, 2.05) is 42.2 Å². The summed E-state index contributed by atoms with van der Waals surface area (Å²) in [5, 5.41) is 10.1. The van der Waals surface area contributed by atoms with E-state index in [9.17, 15) is 10.1 Å². The summed E-state index contributed by atoms with van der Waals surface area (Å²) in [4.78, 5) is 20.8. The molecule has 3 aromatic rings. The van der Waals surface area contributed by atoms with Gasteiger partial charge < -0.3 is 19.0 Å². The second-order valence-electron chi connectivity index (χ2n) is 7.44. The van der Waals surface area contributed by atoms with E-state index in [1.165, 1.54) is 0 Å². The van der Waals surface area contributed by atoms with Gasteiger partial charge in [-0.15, -0.1) is 0 Å². The number of aromatic nitrogens is 1. The number of carbonyl (C=O) groups is 1. The number of hydrogen-bond acceptors (Lipinski definition) is 6. The van der Waals surface area contributed by atoms with Crippen molar-refractivity contribution in [2.45, 2.75) is 6.92 Å². The van der Waals surface area contributed by atoms with Gasteiger partial charge in [0.05, 0.1) is 6.61 Å². The second-order valence-corrected chi connectivity index (χ2v) is 7.88. The summed E-state index contributed by atoms with van der Waals surface area (Å²) >= 11 is 6.01. The molecule has 0 saturated carbocycles. The summed E-state index contributed by atoms with van der Waals surface area (Å²) < 4.78 is 11.3. The lowest BCUT2D eigenvalue weighted by Crippen LogP contribution is -2.48. The molecule has 1 aliphatic rings. The van der Waals surface area contributed by atoms with Crippen LogP contribution in [-0.4, -0.2) is 48.6 Å². The van der Waals surface area contributed by atoms with Gasteiger partial charge in [0.1, 0.15) is 11.8 Å². The molecule has 1 saturated heterocycles. The molecular weight excluding hydrogens is 440 g/mol. The van der Waals surface area contributed by atoms with Crippen molar-refractivity contribution >= 4 is 35.5 Å². The zero-order chi connectivity index (χ0) is 23.2. The molecule has 0 spiro atoms. The molecule has 1 amide bonds. The number of amides is 1. The molecule has 0 aliphatic carbocycles. The van der Waals surface area contributed by atoms with Gasteiger partial charge in [0.25, 0.3) is 5.91 Å². The molecule has 0 unspecified atom stereocenters. The largest absolute Gasteiger partial charge is 0.494 e. The number of nitriles is 1. The minimum atomic E-state index is -0.0609.